The number of amides is 3. The van der Waals surface area contributed by atoms with Crippen LogP contribution in [0.1, 0.15) is 31.2 Å². The zero-order valence-electron chi connectivity index (χ0n) is 14.3. The lowest BCUT2D eigenvalue weighted by Crippen LogP contribution is -2.57. The van der Waals surface area contributed by atoms with Gasteiger partial charge >= 0.3 is 6.03 Å². The van der Waals surface area contributed by atoms with Crippen molar-refractivity contribution < 1.29 is 14.0 Å². The first kappa shape index (κ1) is 16.5. The summed E-state index contributed by atoms with van der Waals surface area (Å²) in [5, 5.41) is 6.29. The first-order valence-electron chi connectivity index (χ1n) is 9.18. The summed E-state index contributed by atoms with van der Waals surface area (Å²) in [5.41, 5.74) is -0.529. The normalized spacial score (nSPS) is 27.6. The predicted octanol–water partition coefficient (Wildman–Crippen LogP) is 2.07. The van der Waals surface area contributed by atoms with Crippen molar-refractivity contribution in [3.63, 3.8) is 0 Å². The van der Waals surface area contributed by atoms with Crippen LogP contribution in [0.15, 0.2) is 24.3 Å². The molecule has 0 spiro atoms. The number of nitrogens with one attached hydrogen (secondary N) is 2. The van der Waals surface area contributed by atoms with Crippen molar-refractivity contribution >= 4 is 11.9 Å². The van der Waals surface area contributed by atoms with Gasteiger partial charge in [0.15, 0.2) is 0 Å². The minimum Gasteiger partial charge on any atom is -0.322 e. The molecule has 2 heterocycles. The Kier molecular flexibility index (Phi) is 4.23. The van der Waals surface area contributed by atoms with Crippen molar-refractivity contribution in [2.45, 2.75) is 37.6 Å². The average Bonchev–Trinajstić information content (AvgIpc) is 3.41. The summed E-state index contributed by atoms with van der Waals surface area (Å²) in [6.45, 7) is 2.12. The Morgan fingerprint density at radius 1 is 1.12 bits per heavy atom. The molecule has 5 nitrogen and oxygen atoms in total. The Morgan fingerprint density at radius 3 is 2.52 bits per heavy atom. The third-order valence-electron chi connectivity index (χ3n) is 5.80. The number of imide groups is 1. The van der Waals surface area contributed by atoms with Crippen molar-refractivity contribution in [1.82, 2.24) is 15.5 Å². The molecule has 1 atom stereocenters. The first-order valence-corrected chi connectivity index (χ1v) is 9.18. The maximum absolute atomic E-state index is 14.3. The van der Waals surface area contributed by atoms with E-state index < -0.39 is 5.54 Å². The van der Waals surface area contributed by atoms with Gasteiger partial charge in [-0.05, 0) is 62.2 Å². The van der Waals surface area contributed by atoms with E-state index in [1.165, 1.54) is 11.0 Å². The Bertz CT molecular complexity index is 685. The molecule has 134 valence electrons. The van der Waals surface area contributed by atoms with E-state index in [9.17, 15) is 14.0 Å². The van der Waals surface area contributed by atoms with Crippen LogP contribution >= 0.6 is 0 Å². The molecule has 0 unspecified atom stereocenters. The molecule has 3 aliphatic rings. The van der Waals surface area contributed by atoms with Gasteiger partial charge in [0.05, 0.1) is 0 Å². The van der Waals surface area contributed by atoms with Crippen LogP contribution in [0.3, 0.4) is 0 Å². The number of hydrogen-bond acceptors (Lipinski definition) is 3. The second kappa shape index (κ2) is 6.41. The molecule has 0 aromatic heterocycles. The number of nitrogens with zero attached hydrogens (tertiary/aromatic N) is 1. The van der Waals surface area contributed by atoms with Crippen molar-refractivity contribution in [2.24, 2.45) is 11.8 Å². The van der Waals surface area contributed by atoms with Crippen molar-refractivity contribution in [3.8, 4) is 0 Å². The largest absolute Gasteiger partial charge is 0.325 e. The van der Waals surface area contributed by atoms with E-state index in [2.05, 4.69) is 10.6 Å². The third-order valence-corrected chi connectivity index (χ3v) is 5.80. The molecule has 1 aromatic rings. The highest BCUT2D eigenvalue weighted by molar-refractivity contribution is 6.07. The Labute approximate surface area is 147 Å². The van der Waals surface area contributed by atoms with E-state index in [1.54, 1.807) is 18.2 Å². The average molecular weight is 345 g/mol. The number of rotatable bonds is 5. The van der Waals surface area contributed by atoms with Crippen LogP contribution in [-0.2, 0) is 11.2 Å². The smallest absolute Gasteiger partial charge is 0.322 e. The Balaban J connectivity index is 1.67. The van der Waals surface area contributed by atoms with Gasteiger partial charge in [-0.15, -0.1) is 0 Å². The molecular weight excluding hydrogens is 321 g/mol. The highest BCUT2D eigenvalue weighted by Gasteiger charge is 2.56. The highest BCUT2D eigenvalue weighted by Crippen LogP contribution is 2.38. The van der Waals surface area contributed by atoms with Gasteiger partial charge in [-0.2, -0.15) is 0 Å². The number of piperidine rings is 1. The fraction of sp³-hybridized carbons (Fsp3) is 0.579. The third kappa shape index (κ3) is 3.03. The molecule has 2 saturated heterocycles. The summed E-state index contributed by atoms with van der Waals surface area (Å²) >= 11 is 0. The number of halogens is 1. The Morgan fingerprint density at radius 2 is 1.84 bits per heavy atom. The number of carbonyl (C=O) groups is 2. The molecule has 2 N–H and O–H groups in total. The molecule has 0 radical (unpaired) electrons. The maximum atomic E-state index is 14.3. The van der Waals surface area contributed by atoms with Crippen LogP contribution < -0.4 is 10.6 Å². The quantitative estimate of drug-likeness (QED) is 0.803. The lowest BCUT2D eigenvalue weighted by molar-refractivity contribution is -0.133. The monoisotopic (exact) mass is 345 g/mol. The summed E-state index contributed by atoms with van der Waals surface area (Å²) < 4.78 is 14.3. The molecule has 25 heavy (non-hydrogen) atoms. The summed E-state index contributed by atoms with van der Waals surface area (Å²) in [4.78, 5) is 27.3. The van der Waals surface area contributed by atoms with Crippen LogP contribution in [0.5, 0.6) is 0 Å². The predicted molar refractivity (Wildman–Crippen MR) is 91.4 cm³/mol. The molecular formula is C19H24FN3O2. The van der Waals surface area contributed by atoms with Gasteiger partial charge < -0.3 is 10.6 Å². The second-order valence-electron chi connectivity index (χ2n) is 7.55. The van der Waals surface area contributed by atoms with Gasteiger partial charge in [0.25, 0.3) is 5.91 Å². The zero-order chi connectivity index (χ0) is 17.4. The van der Waals surface area contributed by atoms with Gasteiger partial charge in [0.2, 0.25) is 0 Å². The number of benzene rings is 1. The number of carbonyl (C=O) groups excluding carboxylic acids is 2. The van der Waals surface area contributed by atoms with Gasteiger partial charge in [0, 0.05) is 13.0 Å². The molecule has 1 aliphatic carbocycles. The molecule has 1 saturated carbocycles. The standard InChI is InChI=1S/C19H24FN3O2/c20-16-4-2-1-3-14(16)11-19(15-7-9-21-10-8-15)17(24)23(18(25)22-19)12-13-5-6-13/h1-4,13,15,21H,5-12H2,(H,22,25)/t19-/m0/s1. The molecule has 3 amide bonds. The van der Waals surface area contributed by atoms with E-state index in [-0.39, 0.29) is 30.1 Å². The SMILES string of the molecule is O=C1N[C@@](Cc2ccccc2F)(C2CCNCC2)C(=O)N1CC1CC1. The highest BCUT2D eigenvalue weighted by atomic mass is 19.1. The van der Waals surface area contributed by atoms with Gasteiger partial charge in [-0.1, -0.05) is 18.2 Å². The van der Waals surface area contributed by atoms with Crippen molar-refractivity contribution in [2.75, 3.05) is 19.6 Å². The first-order chi connectivity index (χ1) is 12.1. The molecule has 2 aliphatic heterocycles. The molecule has 4 rings (SSSR count). The Hall–Kier alpha value is -1.95. The maximum Gasteiger partial charge on any atom is 0.325 e. The second-order valence-corrected chi connectivity index (χ2v) is 7.55. The van der Waals surface area contributed by atoms with E-state index in [0.717, 1.165) is 38.8 Å². The van der Waals surface area contributed by atoms with Gasteiger partial charge in [-0.25, -0.2) is 9.18 Å². The lowest BCUT2D eigenvalue weighted by atomic mass is 9.74. The van der Waals surface area contributed by atoms with Crippen molar-refractivity contribution in [1.29, 1.82) is 0 Å². The van der Waals surface area contributed by atoms with Crippen molar-refractivity contribution in [3.05, 3.63) is 35.6 Å². The minimum atomic E-state index is -1.02. The molecule has 6 heteroatoms. The number of urea groups is 1. The van der Waals surface area contributed by atoms with Crippen LogP contribution in [0, 0.1) is 17.7 Å². The van der Waals surface area contributed by atoms with Gasteiger partial charge in [-0.3, -0.25) is 9.69 Å². The van der Waals surface area contributed by atoms with E-state index in [1.807, 2.05) is 0 Å². The fourth-order valence-corrected chi connectivity index (χ4v) is 4.17. The minimum absolute atomic E-state index is 0.0222. The summed E-state index contributed by atoms with van der Waals surface area (Å²) in [6.07, 6.45) is 3.97. The van der Waals surface area contributed by atoms with Crippen LogP contribution in [-0.4, -0.2) is 42.0 Å². The fourth-order valence-electron chi connectivity index (χ4n) is 4.17. The van der Waals surface area contributed by atoms with Gasteiger partial charge in [0.1, 0.15) is 11.4 Å². The van der Waals surface area contributed by atoms with Crippen LogP contribution in [0.2, 0.25) is 0 Å². The van der Waals surface area contributed by atoms with Crippen LogP contribution in [0.4, 0.5) is 9.18 Å². The lowest BCUT2D eigenvalue weighted by Gasteiger charge is -2.38. The zero-order valence-corrected chi connectivity index (χ0v) is 14.3. The summed E-state index contributed by atoms with van der Waals surface area (Å²) in [5.74, 6) is -0.0287. The molecule has 0 bridgehead atoms. The number of hydrogen-bond donors (Lipinski definition) is 2. The molecule has 1 aromatic carbocycles. The summed E-state index contributed by atoms with van der Waals surface area (Å²) in [7, 11) is 0. The topological polar surface area (TPSA) is 61.4 Å². The van der Waals surface area contributed by atoms with Crippen LogP contribution in [0.25, 0.3) is 0 Å². The molecule has 3 fully saturated rings. The van der Waals surface area contributed by atoms with E-state index >= 15 is 0 Å². The van der Waals surface area contributed by atoms with E-state index in [0.29, 0.717) is 18.0 Å². The van der Waals surface area contributed by atoms with E-state index in [4.69, 9.17) is 0 Å². The summed E-state index contributed by atoms with van der Waals surface area (Å²) in [6, 6.07) is 6.23.